The summed E-state index contributed by atoms with van der Waals surface area (Å²) >= 11 is 3.41. The lowest BCUT2D eigenvalue weighted by Crippen LogP contribution is -2.00. The summed E-state index contributed by atoms with van der Waals surface area (Å²) < 4.78 is 7.59. The van der Waals surface area contributed by atoms with Gasteiger partial charge < -0.3 is 9.84 Å². The topological polar surface area (TPSA) is 64.4 Å². The predicted molar refractivity (Wildman–Crippen MR) is 74.2 cm³/mol. The Bertz CT molecular complexity index is 622. The Hall–Kier alpha value is -1.82. The van der Waals surface area contributed by atoms with Gasteiger partial charge in [0.2, 0.25) is 0 Å². The highest BCUT2D eigenvalue weighted by atomic mass is 79.9. The molecule has 0 saturated carbocycles. The molecular formula is C13H13BrN2O3. The summed E-state index contributed by atoms with van der Waals surface area (Å²) in [5.41, 5.74) is 2.21. The van der Waals surface area contributed by atoms with E-state index in [2.05, 4.69) is 21.0 Å². The molecule has 1 heterocycles. The van der Waals surface area contributed by atoms with Gasteiger partial charge in [0.15, 0.2) is 0 Å². The van der Waals surface area contributed by atoms with Gasteiger partial charge in [-0.15, -0.1) is 0 Å². The molecule has 0 aliphatic rings. The van der Waals surface area contributed by atoms with Crippen molar-refractivity contribution in [2.24, 2.45) is 7.05 Å². The number of aromatic nitrogens is 2. The van der Waals surface area contributed by atoms with Crippen molar-refractivity contribution >= 4 is 21.9 Å². The maximum Gasteiger partial charge on any atom is 0.307 e. The molecule has 0 unspecified atom stereocenters. The Morgan fingerprint density at radius 3 is 2.84 bits per heavy atom. The number of aryl methyl sites for hydroxylation is 1. The zero-order chi connectivity index (χ0) is 14.0. The SMILES string of the molecule is COc1ccc(-c2nn(C)cc2CC(=O)O)cc1Br. The number of hydrogen-bond acceptors (Lipinski definition) is 3. The largest absolute Gasteiger partial charge is 0.496 e. The predicted octanol–water partition coefficient (Wildman–Crippen LogP) is 2.49. The van der Waals surface area contributed by atoms with Crippen molar-refractivity contribution in [2.45, 2.75) is 6.42 Å². The van der Waals surface area contributed by atoms with Gasteiger partial charge in [0.25, 0.3) is 0 Å². The first kappa shape index (κ1) is 13.6. The zero-order valence-electron chi connectivity index (χ0n) is 10.6. The van der Waals surface area contributed by atoms with Gasteiger partial charge in [0.05, 0.1) is 23.7 Å². The fourth-order valence-electron chi connectivity index (χ4n) is 1.89. The minimum Gasteiger partial charge on any atom is -0.496 e. The number of carboxylic acids is 1. The highest BCUT2D eigenvalue weighted by Crippen LogP contribution is 2.31. The molecule has 2 aromatic rings. The third-order valence-corrected chi connectivity index (χ3v) is 3.29. The van der Waals surface area contributed by atoms with Crippen molar-refractivity contribution in [3.63, 3.8) is 0 Å². The van der Waals surface area contributed by atoms with Crippen LogP contribution in [0.1, 0.15) is 5.56 Å². The minimum absolute atomic E-state index is 0.0488. The van der Waals surface area contributed by atoms with E-state index in [-0.39, 0.29) is 6.42 Å². The molecule has 0 fully saturated rings. The first-order chi connectivity index (χ1) is 9.01. The van der Waals surface area contributed by atoms with Crippen LogP contribution in [0.3, 0.4) is 0 Å². The van der Waals surface area contributed by atoms with Crippen LogP contribution < -0.4 is 4.74 Å². The second-order valence-electron chi connectivity index (χ2n) is 4.10. The second kappa shape index (κ2) is 5.44. The molecule has 6 heteroatoms. The van der Waals surface area contributed by atoms with Crippen molar-refractivity contribution < 1.29 is 14.6 Å². The van der Waals surface area contributed by atoms with Gasteiger partial charge in [-0.3, -0.25) is 9.48 Å². The van der Waals surface area contributed by atoms with E-state index in [4.69, 9.17) is 9.84 Å². The number of halogens is 1. The van der Waals surface area contributed by atoms with E-state index in [1.165, 1.54) is 0 Å². The van der Waals surface area contributed by atoms with Crippen LogP contribution in [0.2, 0.25) is 0 Å². The molecule has 0 spiro atoms. The van der Waals surface area contributed by atoms with Gasteiger partial charge in [0.1, 0.15) is 5.75 Å². The number of rotatable bonds is 4. The van der Waals surface area contributed by atoms with Crippen molar-refractivity contribution in [3.8, 4) is 17.0 Å². The standard InChI is InChI=1S/C13H13BrN2O3/c1-16-7-9(6-12(17)18)13(15-16)8-3-4-11(19-2)10(14)5-8/h3-5,7H,6H2,1-2H3,(H,17,18). The molecule has 0 bridgehead atoms. The van der Waals surface area contributed by atoms with Gasteiger partial charge in [0, 0.05) is 24.4 Å². The lowest BCUT2D eigenvalue weighted by molar-refractivity contribution is -0.136. The van der Waals surface area contributed by atoms with E-state index < -0.39 is 5.97 Å². The highest BCUT2D eigenvalue weighted by molar-refractivity contribution is 9.10. The molecule has 1 N–H and O–H groups in total. The Morgan fingerprint density at radius 1 is 1.53 bits per heavy atom. The van der Waals surface area contributed by atoms with Crippen molar-refractivity contribution in [2.75, 3.05) is 7.11 Å². The number of carbonyl (C=O) groups is 1. The van der Waals surface area contributed by atoms with Crippen molar-refractivity contribution in [1.82, 2.24) is 9.78 Å². The first-order valence-corrected chi connectivity index (χ1v) is 6.38. The number of methoxy groups -OCH3 is 1. The minimum atomic E-state index is -0.873. The van der Waals surface area contributed by atoms with Crippen LogP contribution in [0.5, 0.6) is 5.75 Å². The Morgan fingerprint density at radius 2 is 2.26 bits per heavy atom. The monoisotopic (exact) mass is 324 g/mol. The molecule has 5 nitrogen and oxygen atoms in total. The summed E-state index contributed by atoms with van der Waals surface area (Å²) in [7, 11) is 3.36. The first-order valence-electron chi connectivity index (χ1n) is 5.59. The van der Waals surface area contributed by atoms with Crippen LogP contribution in [-0.2, 0) is 18.3 Å². The molecule has 100 valence electrons. The second-order valence-corrected chi connectivity index (χ2v) is 4.95. The third kappa shape index (κ3) is 2.96. The van der Waals surface area contributed by atoms with Gasteiger partial charge in [-0.25, -0.2) is 0 Å². The average Bonchev–Trinajstić information content (AvgIpc) is 2.69. The number of hydrogen-bond donors (Lipinski definition) is 1. The Kier molecular flexibility index (Phi) is 3.90. The zero-order valence-corrected chi connectivity index (χ0v) is 12.1. The normalized spacial score (nSPS) is 10.5. The van der Waals surface area contributed by atoms with Crippen molar-refractivity contribution in [3.05, 3.63) is 34.4 Å². The Labute approximate surface area is 118 Å². The molecule has 2 rings (SSSR count). The highest BCUT2D eigenvalue weighted by Gasteiger charge is 2.14. The number of nitrogens with zero attached hydrogens (tertiary/aromatic N) is 2. The molecule has 1 aromatic heterocycles. The maximum absolute atomic E-state index is 10.9. The third-order valence-electron chi connectivity index (χ3n) is 2.67. The Balaban J connectivity index is 2.46. The van der Waals surface area contributed by atoms with Crippen molar-refractivity contribution in [1.29, 1.82) is 0 Å². The maximum atomic E-state index is 10.9. The molecule has 0 aliphatic heterocycles. The van der Waals surface area contributed by atoms with Crippen LogP contribution in [0.15, 0.2) is 28.9 Å². The summed E-state index contributed by atoms with van der Waals surface area (Å²) in [6.45, 7) is 0. The summed E-state index contributed by atoms with van der Waals surface area (Å²) in [5, 5.41) is 13.2. The lowest BCUT2D eigenvalue weighted by Gasteiger charge is -2.05. The van der Waals surface area contributed by atoms with Gasteiger partial charge in [-0.05, 0) is 34.1 Å². The molecule has 0 radical (unpaired) electrons. The number of carboxylic acid groups (broad SMARTS) is 1. The number of ether oxygens (including phenoxy) is 1. The van der Waals surface area contributed by atoms with Crippen LogP contribution >= 0.6 is 15.9 Å². The van der Waals surface area contributed by atoms with Gasteiger partial charge in [-0.1, -0.05) is 0 Å². The molecule has 1 aromatic carbocycles. The fourth-order valence-corrected chi connectivity index (χ4v) is 2.43. The number of benzene rings is 1. The average molecular weight is 325 g/mol. The van der Waals surface area contributed by atoms with Gasteiger partial charge >= 0.3 is 5.97 Å². The molecule has 0 aliphatic carbocycles. The molecule has 0 atom stereocenters. The van der Waals surface area contributed by atoms with Crippen LogP contribution in [-0.4, -0.2) is 28.0 Å². The number of aliphatic carboxylic acids is 1. The molecule has 0 saturated heterocycles. The fraction of sp³-hybridized carbons (Fsp3) is 0.231. The molecule has 19 heavy (non-hydrogen) atoms. The smallest absolute Gasteiger partial charge is 0.307 e. The molecule has 0 amide bonds. The molecular weight excluding hydrogens is 312 g/mol. The summed E-state index contributed by atoms with van der Waals surface area (Å²) in [6, 6.07) is 5.54. The summed E-state index contributed by atoms with van der Waals surface area (Å²) in [5.74, 6) is -0.152. The van der Waals surface area contributed by atoms with E-state index in [0.29, 0.717) is 11.3 Å². The summed E-state index contributed by atoms with van der Waals surface area (Å²) in [4.78, 5) is 10.9. The quantitative estimate of drug-likeness (QED) is 0.938. The lowest BCUT2D eigenvalue weighted by atomic mass is 10.1. The van der Waals surface area contributed by atoms with Crippen LogP contribution in [0.4, 0.5) is 0 Å². The van der Waals surface area contributed by atoms with E-state index in [9.17, 15) is 4.79 Å². The van der Waals surface area contributed by atoms with E-state index in [0.717, 1.165) is 15.8 Å². The van der Waals surface area contributed by atoms with E-state index in [1.807, 2.05) is 18.2 Å². The van der Waals surface area contributed by atoms with Crippen LogP contribution in [0, 0.1) is 0 Å². The van der Waals surface area contributed by atoms with E-state index >= 15 is 0 Å². The van der Waals surface area contributed by atoms with E-state index in [1.54, 1.807) is 25.0 Å². The summed E-state index contributed by atoms with van der Waals surface area (Å²) in [6.07, 6.45) is 1.68. The van der Waals surface area contributed by atoms with Gasteiger partial charge in [-0.2, -0.15) is 5.10 Å². The van der Waals surface area contributed by atoms with Crippen LogP contribution in [0.25, 0.3) is 11.3 Å².